The summed E-state index contributed by atoms with van der Waals surface area (Å²) < 4.78 is 0. The minimum Gasteiger partial charge on any atom is -0.480 e. The molecule has 78 valence electrons. The van der Waals surface area contributed by atoms with Gasteiger partial charge in [-0.25, -0.2) is 0 Å². The van der Waals surface area contributed by atoms with Gasteiger partial charge in [-0.15, -0.1) is 12.4 Å². The number of rotatable bonds is 2. The Morgan fingerprint density at radius 2 is 2.08 bits per heavy atom. The Labute approximate surface area is 85.1 Å². The van der Waals surface area contributed by atoms with E-state index in [9.17, 15) is 4.79 Å². The van der Waals surface area contributed by atoms with Gasteiger partial charge in [-0.2, -0.15) is 0 Å². The maximum Gasteiger partial charge on any atom is 0.323 e. The van der Waals surface area contributed by atoms with Crippen LogP contribution < -0.4 is 5.73 Å². The molecule has 0 bridgehead atoms. The molecule has 0 aromatic carbocycles. The summed E-state index contributed by atoms with van der Waals surface area (Å²) in [4.78, 5) is 10.8. The van der Waals surface area contributed by atoms with Crippen LogP contribution in [-0.4, -0.2) is 16.6 Å². The minimum atomic E-state index is -1.02. The van der Waals surface area contributed by atoms with Gasteiger partial charge in [0.05, 0.1) is 0 Å². The Morgan fingerprint density at radius 3 is 2.38 bits per heavy atom. The van der Waals surface area contributed by atoms with Gasteiger partial charge in [0.25, 0.3) is 0 Å². The highest BCUT2D eigenvalue weighted by Crippen LogP contribution is 2.36. The molecule has 4 heteroatoms. The molecule has 3 N–H and O–H groups in total. The fourth-order valence-corrected chi connectivity index (χ4v) is 1.93. The molecule has 3 unspecified atom stereocenters. The molecule has 1 saturated carbocycles. The van der Waals surface area contributed by atoms with Crippen LogP contribution in [-0.2, 0) is 4.79 Å². The van der Waals surface area contributed by atoms with E-state index >= 15 is 0 Å². The van der Waals surface area contributed by atoms with Gasteiger partial charge >= 0.3 is 5.97 Å². The van der Waals surface area contributed by atoms with Crippen LogP contribution >= 0.6 is 12.4 Å². The van der Waals surface area contributed by atoms with E-state index in [1.54, 1.807) is 6.92 Å². The lowest BCUT2D eigenvalue weighted by Crippen LogP contribution is -2.50. The number of halogens is 1. The van der Waals surface area contributed by atoms with Crippen molar-refractivity contribution < 1.29 is 9.90 Å². The van der Waals surface area contributed by atoms with Crippen LogP contribution in [0, 0.1) is 11.8 Å². The van der Waals surface area contributed by atoms with Gasteiger partial charge in [-0.05, 0) is 31.6 Å². The van der Waals surface area contributed by atoms with Crippen LogP contribution in [0.4, 0.5) is 0 Å². The monoisotopic (exact) mass is 207 g/mol. The van der Waals surface area contributed by atoms with Crippen molar-refractivity contribution in [1.82, 2.24) is 0 Å². The van der Waals surface area contributed by atoms with E-state index in [2.05, 4.69) is 6.92 Å². The highest BCUT2D eigenvalue weighted by molar-refractivity contribution is 5.85. The summed E-state index contributed by atoms with van der Waals surface area (Å²) in [6, 6.07) is 0. The lowest BCUT2D eigenvalue weighted by Gasteiger charge is -2.26. The predicted octanol–water partition coefficient (Wildman–Crippen LogP) is 1.65. The number of hydrogen-bond donors (Lipinski definition) is 2. The molecule has 3 atom stereocenters. The molecule has 0 radical (unpaired) electrons. The molecule has 0 aromatic rings. The Balaban J connectivity index is 0.00000144. The number of carboxylic acids is 1. The van der Waals surface area contributed by atoms with E-state index in [1.807, 2.05) is 0 Å². The SMILES string of the molecule is CC1CCC(C(C)(N)C(=O)O)C1.Cl. The molecule has 1 fully saturated rings. The number of aliphatic carboxylic acids is 1. The molecule has 13 heavy (non-hydrogen) atoms. The van der Waals surface area contributed by atoms with Crippen LogP contribution in [0.1, 0.15) is 33.1 Å². The number of nitrogens with two attached hydrogens (primary N) is 1. The van der Waals surface area contributed by atoms with Crippen LogP contribution in [0.15, 0.2) is 0 Å². The van der Waals surface area contributed by atoms with Crippen LogP contribution in [0.25, 0.3) is 0 Å². The quantitative estimate of drug-likeness (QED) is 0.724. The molecule has 0 spiro atoms. The van der Waals surface area contributed by atoms with Crippen LogP contribution in [0.5, 0.6) is 0 Å². The molecule has 1 rings (SSSR count). The van der Waals surface area contributed by atoms with Gasteiger partial charge in [-0.1, -0.05) is 13.3 Å². The molecular weight excluding hydrogens is 190 g/mol. The van der Waals surface area contributed by atoms with Crippen molar-refractivity contribution >= 4 is 18.4 Å². The molecule has 0 amide bonds. The average molecular weight is 208 g/mol. The van der Waals surface area contributed by atoms with Gasteiger partial charge in [-0.3, -0.25) is 4.79 Å². The van der Waals surface area contributed by atoms with Crippen molar-refractivity contribution in [2.75, 3.05) is 0 Å². The molecule has 0 aliphatic heterocycles. The van der Waals surface area contributed by atoms with Gasteiger partial charge in [0, 0.05) is 0 Å². The molecule has 1 aliphatic carbocycles. The summed E-state index contributed by atoms with van der Waals surface area (Å²) in [7, 11) is 0. The van der Waals surface area contributed by atoms with Gasteiger partial charge in [0.15, 0.2) is 0 Å². The second-order valence-corrected chi connectivity index (χ2v) is 4.20. The summed E-state index contributed by atoms with van der Waals surface area (Å²) >= 11 is 0. The zero-order valence-electron chi connectivity index (χ0n) is 8.12. The van der Waals surface area contributed by atoms with E-state index in [0.29, 0.717) is 5.92 Å². The Bertz CT molecular complexity index is 194. The molecule has 0 heterocycles. The van der Waals surface area contributed by atoms with Gasteiger partial charge in [0.2, 0.25) is 0 Å². The summed E-state index contributed by atoms with van der Waals surface area (Å²) in [5, 5.41) is 8.86. The first-order valence-electron chi connectivity index (χ1n) is 4.47. The Hall–Kier alpha value is -0.280. The third-order valence-corrected chi connectivity index (χ3v) is 3.00. The van der Waals surface area contributed by atoms with Crippen LogP contribution in [0.2, 0.25) is 0 Å². The molecule has 1 aliphatic rings. The normalized spacial score (nSPS) is 31.9. The van der Waals surface area contributed by atoms with Crippen molar-refractivity contribution in [3.63, 3.8) is 0 Å². The lowest BCUT2D eigenvalue weighted by molar-refractivity contribution is -0.144. The standard InChI is InChI=1S/C9H17NO2.ClH/c1-6-3-4-7(5-6)9(2,10)8(11)12;/h6-7H,3-5,10H2,1-2H3,(H,11,12);1H. The van der Waals surface area contributed by atoms with E-state index < -0.39 is 11.5 Å². The van der Waals surface area contributed by atoms with E-state index in [-0.39, 0.29) is 18.3 Å². The number of carboxylic acid groups (broad SMARTS) is 1. The molecule has 0 aromatic heterocycles. The third-order valence-electron chi connectivity index (χ3n) is 3.00. The topological polar surface area (TPSA) is 63.3 Å². The highest BCUT2D eigenvalue weighted by atomic mass is 35.5. The van der Waals surface area contributed by atoms with Gasteiger partial charge in [0.1, 0.15) is 5.54 Å². The predicted molar refractivity (Wildman–Crippen MR) is 54.0 cm³/mol. The maximum absolute atomic E-state index is 10.8. The molecular formula is C9H18ClNO2. The van der Waals surface area contributed by atoms with E-state index in [4.69, 9.17) is 10.8 Å². The smallest absolute Gasteiger partial charge is 0.323 e. The summed E-state index contributed by atoms with van der Waals surface area (Å²) in [6.07, 6.45) is 3.03. The lowest BCUT2D eigenvalue weighted by atomic mass is 9.85. The molecule has 3 nitrogen and oxygen atoms in total. The van der Waals surface area contributed by atoms with Crippen LogP contribution in [0.3, 0.4) is 0 Å². The fraction of sp³-hybridized carbons (Fsp3) is 0.889. The average Bonchev–Trinajstić information content (AvgIpc) is 2.35. The number of carbonyl (C=O) groups is 1. The second kappa shape index (κ2) is 4.29. The zero-order chi connectivity index (χ0) is 9.35. The van der Waals surface area contributed by atoms with Crippen molar-refractivity contribution in [1.29, 1.82) is 0 Å². The Morgan fingerprint density at radius 1 is 1.54 bits per heavy atom. The first kappa shape index (κ1) is 12.7. The molecule has 0 saturated heterocycles. The zero-order valence-corrected chi connectivity index (χ0v) is 8.93. The first-order valence-corrected chi connectivity index (χ1v) is 4.47. The summed E-state index contributed by atoms with van der Waals surface area (Å²) in [5.41, 5.74) is 4.70. The van der Waals surface area contributed by atoms with Crippen molar-refractivity contribution in [3.8, 4) is 0 Å². The van der Waals surface area contributed by atoms with E-state index in [1.165, 1.54) is 0 Å². The van der Waals surface area contributed by atoms with Gasteiger partial charge < -0.3 is 10.8 Å². The van der Waals surface area contributed by atoms with E-state index in [0.717, 1.165) is 19.3 Å². The fourth-order valence-electron chi connectivity index (χ4n) is 1.93. The second-order valence-electron chi connectivity index (χ2n) is 4.20. The minimum absolute atomic E-state index is 0. The van der Waals surface area contributed by atoms with Crippen molar-refractivity contribution in [3.05, 3.63) is 0 Å². The maximum atomic E-state index is 10.8. The first-order chi connectivity index (χ1) is 5.44. The van der Waals surface area contributed by atoms with Crippen molar-refractivity contribution in [2.45, 2.75) is 38.6 Å². The third kappa shape index (κ3) is 2.58. The summed E-state index contributed by atoms with van der Waals surface area (Å²) in [5.74, 6) is -0.0798. The largest absolute Gasteiger partial charge is 0.480 e. The highest BCUT2D eigenvalue weighted by Gasteiger charge is 2.40. The number of hydrogen-bond acceptors (Lipinski definition) is 2. The summed E-state index contributed by atoms with van der Waals surface area (Å²) in [6.45, 7) is 3.77. The van der Waals surface area contributed by atoms with Crippen molar-refractivity contribution in [2.24, 2.45) is 17.6 Å². The Kier molecular flexibility index (Phi) is 4.20.